The van der Waals surface area contributed by atoms with E-state index in [2.05, 4.69) is 6.92 Å². The van der Waals surface area contributed by atoms with E-state index in [1.165, 1.54) is 6.92 Å². The molecule has 5 fully saturated rings. The molecule has 0 amide bonds. The van der Waals surface area contributed by atoms with Crippen LogP contribution in [0.1, 0.15) is 51.2 Å². The molecule has 0 aromatic carbocycles. The lowest BCUT2D eigenvalue weighted by atomic mass is 9.41. The molecule has 1 aromatic heterocycles. The van der Waals surface area contributed by atoms with Gasteiger partial charge in [-0.3, -0.25) is 4.79 Å². The molecule has 0 unspecified atom stereocenters. The number of hydrogen-bond donors (Lipinski definition) is 1. The standard InChI is InChI=1S/C22H28O7/c1-12-7-18(28-13(2)23)21-10-26-19-20(12,8-15(29-19)14-5-6-25-9-14)16(21)3-4-17(24)22(21)11-27-22/h5-6,9,12,15-19,24H,3-4,7-8,10-11H2,1-2H3/t12-,15+,16-,17+,18+,19+,20-,21+,22-/m1/s1. The van der Waals surface area contributed by atoms with Crippen molar-refractivity contribution in [2.75, 3.05) is 13.2 Å². The molecule has 3 saturated heterocycles. The molecule has 6 rings (SSSR count). The van der Waals surface area contributed by atoms with E-state index in [9.17, 15) is 9.90 Å². The predicted molar refractivity (Wildman–Crippen MR) is 98.5 cm³/mol. The number of rotatable bonds is 2. The lowest BCUT2D eigenvalue weighted by Gasteiger charge is -2.67. The van der Waals surface area contributed by atoms with Crippen LogP contribution in [0.25, 0.3) is 0 Å². The second kappa shape index (κ2) is 5.84. The Bertz CT molecular complexity index is 817. The van der Waals surface area contributed by atoms with E-state index in [1.54, 1.807) is 12.5 Å². The fourth-order valence-electron chi connectivity index (χ4n) is 7.51. The van der Waals surface area contributed by atoms with Crippen molar-refractivity contribution >= 4 is 5.97 Å². The predicted octanol–water partition coefficient (Wildman–Crippen LogP) is 2.58. The maximum absolute atomic E-state index is 12.0. The minimum atomic E-state index is -0.679. The van der Waals surface area contributed by atoms with Gasteiger partial charge in [0.05, 0.1) is 43.4 Å². The summed E-state index contributed by atoms with van der Waals surface area (Å²) in [7, 11) is 0. The molecule has 7 heteroatoms. The summed E-state index contributed by atoms with van der Waals surface area (Å²) in [4.78, 5) is 12.0. The van der Waals surface area contributed by atoms with Crippen molar-refractivity contribution in [2.45, 2.75) is 69.7 Å². The summed E-state index contributed by atoms with van der Waals surface area (Å²) in [5, 5.41) is 10.9. The van der Waals surface area contributed by atoms with Crippen molar-refractivity contribution < 1.29 is 33.3 Å². The minimum absolute atomic E-state index is 0.0785. The van der Waals surface area contributed by atoms with Gasteiger partial charge < -0.3 is 28.5 Å². The molecule has 2 spiro atoms. The smallest absolute Gasteiger partial charge is 0.302 e. The zero-order valence-electron chi connectivity index (χ0n) is 16.8. The van der Waals surface area contributed by atoms with Gasteiger partial charge >= 0.3 is 5.97 Å². The van der Waals surface area contributed by atoms with Crippen LogP contribution in [0.15, 0.2) is 23.0 Å². The highest BCUT2D eigenvalue weighted by molar-refractivity contribution is 5.66. The molecule has 1 aromatic rings. The van der Waals surface area contributed by atoms with Crippen LogP contribution in [0.5, 0.6) is 0 Å². The van der Waals surface area contributed by atoms with E-state index >= 15 is 0 Å². The highest BCUT2D eigenvalue weighted by Gasteiger charge is 2.82. The van der Waals surface area contributed by atoms with E-state index in [1.807, 2.05) is 6.07 Å². The topological polar surface area (TPSA) is 90.7 Å². The summed E-state index contributed by atoms with van der Waals surface area (Å²) >= 11 is 0. The van der Waals surface area contributed by atoms with Crippen molar-refractivity contribution in [3.05, 3.63) is 24.2 Å². The number of aliphatic hydroxyl groups excluding tert-OH is 1. The number of esters is 1. The molecule has 7 nitrogen and oxygen atoms in total. The third-order valence-electron chi connectivity index (χ3n) is 8.80. The Morgan fingerprint density at radius 3 is 2.83 bits per heavy atom. The van der Waals surface area contributed by atoms with E-state index in [-0.39, 0.29) is 41.7 Å². The van der Waals surface area contributed by atoms with Crippen molar-refractivity contribution in [2.24, 2.45) is 22.7 Å². The molecule has 0 radical (unpaired) electrons. The average Bonchev–Trinajstić information content (AvgIpc) is 3.13. The molecule has 2 aliphatic carbocycles. The van der Waals surface area contributed by atoms with Gasteiger partial charge in [-0.2, -0.15) is 0 Å². The van der Waals surface area contributed by atoms with E-state index in [0.717, 1.165) is 24.8 Å². The second-order valence-electron chi connectivity index (χ2n) is 9.74. The van der Waals surface area contributed by atoms with E-state index < -0.39 is 17.1 Å². The first kappa shape index (κ1) is 18.4. The Morgan fingerprint density at radius 2 is 2.14 bits per heavy atom. The van der Waals surface area contributed by atoms with E-state index in [0.29, 0.717) is 19.6 Å². The van der Waals surface area contributed by atoms with Gasteiger partial charge in [-0.25, -0.2) is 0 Å². The monoisotopic (exact) mass is 404 g/mol. The van der Waals surface area contributed by atoms with Crippen molar-refractivity contribution in [1.82, 2.24) is 0 Å². The zero-order chi connectivity index (χ0) is 20.0. The van der Waals surface area contributed by atoms with E-state index in [4.69, 9.17) is 23.4 Å². The zero-order valence-corrected chi connectivity index (χ0v) is 16.8. The fraction of sp³-hybridized carbons (Fsp3) is 0.773. The highest BCUT2D eigenvalue weighted by atomic mass is 16.7. The summed E-state index contributed by atoms with van der Waals surface area (Å²) in [5.74, 6) is 0.158. The molecule has 4 heterocycles. The molecule has 158 valence electrons. The Hall–Kier alpha value is -1.41. The molecule has 9 atom stereocenters. The Labute approximate surface area is 169 Å². The number of epoxide rings is 1. The molecule has 2 saturated carbocycles. The maximum Gasteiger partial charge on any atom is 0.302 e. The number of carbonyl (C=O) groups is 1. The molecular weight excluding hydrogens is 376 g/mol. The third-order valence-corrected chi connectivity index (χ3v) is 8.80. The number of aliphatic hydroxyl groups is 1. The number of ether oxygens (including phenoxy) is 4. The quantitative estimate of drug-likeness (QED) is 0.598. The van der Waals surface area contributed by atoms with Crippen LogP contribution >= 0.6 is 0 Å². The third kappa shape index (κ3) is 2.10. The Morgan fingerprint density at radius 1 is 1.31 bits per heavy atom. The van der Waals surface area contributed by atoms with Crippen LogP contribution in [0.4, 0.5) is 0 Å². The summed E-state index contributed by atoms with van der Waals surface area (Å²) in [6.07, 6.45) is 5.27. The van der Waals surface area contributed by atoms with Gasteiger partial charge in [0, 0.05) is 17.9 Å². The van der Waals surface area contributed by atoms with Crippen molar-refractivity contribution in [3.8, 4) is 0 Å². The van der Waals surface area contributed by atoms with Gasteiger partial charge in [-0.1, -0.05) is 6.92 Å². The van der Waals surface area contributed by atoms with Crippen LogP contribution in [0.3, 0.4) is 0 Å². The summed E-state index contributed by atoms with van der Waals surface area (Å²) < 4.78 is 30.1. The SMILES string of the molecule is CC(=O)O[C@H]1C[C@@H](C)[C@@]23C[C@@H](c4ccoc4)O[C@@H]2OC[C@]12[C@@H]3CC[C@H](O)[C@]21CO1. The first-order valence-corrected chi connectivity index (χ1v) is 10.7. The summed E-state index contributed by atoms with van der Waals surface area (Å²) in [5.41, 5.74) is -0.378. The normalized spacial score (nSPS) is 52.7. The fourth-order valence-corrected chi connectivity index (χ4v) is 7.51. The van der Waals surface area contributed by atoms with Crippen LogP contribution < -0.4 is 0 Å². The average molecular weight is 404 g/mol. The van der Waals surface area contributed by atoms with Gasteiger partial charge in [0.15, 0.2) is 6.29 Å². The number of carbonyl (C=O) groups excluding carboxylic acids is 1. The van der Waals surface area contributed by atoms with Gasteiger partial charge in [-0.05, 0) is 43.6 Å². The molecular formula is C22H28O7. The van der Waals surface area contributed by atoms with Gasteiger partial charge in [0.1, 0.15) is 11.7 Å². The van der Waals surface area contributed by atoms with Gasteiger partial charge in [0.25, 0.3) is 0 Å². The largest absolute Gasteiger partial charge is 0.472 e. The Kier molecular flexibility index (Phi) is 3.70. The lowest BCUT2D eigenvalue weighted by molar-refractivity contribution is -0.340. The molecule has 1 N–H and O–H groups in total. The molecule has 3 aliphatic heterocycles. The first-order chi connectivity index (χ1) is 13.9. The lowest BCUT2D eigenvalue weighted by Crippen LogP contribution is -2.74. The summed E-state index contributed by atoms with van der Waals surface area (Å²) in [6.45, 7) is 4.56. The summed E-state index contributed by atoms with van der Waals surface area (Å²) in [6, 6.07) is 1.96. The molecule has 2 bridgehead atoms. The van der Waals surface area contributed by atoms with Crippen molar-refractivity contribution in [3.63, 3.8) is 0 Å². The Balaban J connectivity index is 1.47. The van der Waals surface area contributed by atoms with Gasteiger partial charge in [-0.15, -0.1) is 0 Å². The van der Waals surface area contributed by atoms with Crippen LogP contribution in [-0.4, -0.2) is 48.4 Å². The minimum Gasteiger partial charge on any atom is -0.472 e. The number of hydrogen-bond acceptors (Lipinski definition) is 7. The van der Waals surface area contributed by atoms with Crippen LogP contribution in [-0.2, 0) is 23.7 Å². The molecule has 5 aliphatic rings. The number of furan rings is 1. The van der Waals surface area contributed by atoms with Crippen LogP contribution in [0, 0.1) is 22.7 Å². The first-order valence-electron chi connectivity index (χ1n) is 10.7. The van der Waals surface area contributed by atoms with Gasteiger partial charge in [0.2, 0.25) is 0 Å². The van der Waals surface area contributed by atoms with Crippen LogP contribution in [0.2, 0.25) is 0 Å². The highest BCUT2D eigenvalue weighted by Crippen LogP contribution is 2.74. The van der Waals surface area contributed by atoms with Crippen molar-refractivity contribution in [1.29, 1.82) is 0 Å². The molecule has 29 heavy (non-hydrogen) atoms. The second-order valence-corrected chi connectivity index (χ2v) is 9.74. The maximum atomic E-state index is 12.0.